The van der Waals surface area contributed by atoms with Crippen LogP contribution in [0.25, 0.3) is 0 Å². The van der Waals surface area contributed by atoms with Crippen LogP contribution in [0.1, 0.15) is 61.3 Å². The molecule has 0 saturated carbocycles. The minimum absolute atomic E-state index is 0.0150. The first-order valence-electron chi connectivity index (χ1n) is 12.4. The number of carbonyl (C=O) groups is 7. The number of amides is 1. The fraction of sp³-hybridized carbons (Fsp3) is 0.720. The third kappa shape index (κ3) is 10.4. The lowest BCUT2D eigenvalue weighted by molar-refractivity contribution is -0.304. The fourth-order valence-corrected chi connectivity index (χ4v) is 4.12. The second-order valence-corrected chi connectivity index (χ2v) is 9.49. The third-order valence-corrected chi connectivity index (χ3v) is 5.35. The molecule has 1 N–H and O–H groups in total. The van der Waals surface area contributed by atoms with Crippen molar-refractivity contribution in [3.63, 3.8) is 0 Å². The average molecular weight is 576 g/mol. The van der Waals surface area contributed by atoms with Crippen LogP contribution in [0.5, 0.6) is 0 Å². The number of carbonyl (C=O) groups excluding carboxylic acids is 7. The zero-order valence-corrected chi connectivity index (χ0v) is 23.8. The Bertz CT molecular complexity index is 979. The van der Waals surface area contributed by atoms with E-state index >= 15 is 0 Å². The van der Waals surface area contributed by atoms with Crippen LogP contribution in [0.2, 0.25) is 0 Å². The van der Waals surface area contributed by atoms with Crippen LogP contribution in [-0.4, -0.2) is 91.7 Å². The molecule has 1 fully saturated rings. The van der Waals surface area contributed by atoms with Gasteiger partial charge in [-0.3, -0.25) is 28.8 Å². The molecule has 0 aliphatic carbocycles. The predicted octanol–water partition coefficient (Wildman–Crippen LogP) is 0.0968. The molecule has 40 heavy (non-hydrogen) atoms. The molecule has 1 saturated heterocycles. The van der Waals surface area contributed by atoms with Crippen molar-refractivity contribution in [1.82, 2.24) is 5.32 Å². The highest BCUT2D eigenvalue weighted by molar-refractivity contribution is 5.82. The highest BCUT2D eigenvalue weighted by atomic mass is 16.8. The minimum Gasteiger partial charge on any atom is -0.464 e. The molecule has 6 atom stereocenters. The zero-order chi connectivity index (χ0) is 30.8. The Morgan fingerprint density at radius 3 is 1.93 bits per heavy atom. The molecule has 15 nitrogen and oxygen atoms in total. The molecular weight excluding hydrogens is 538 g/mol. The van der Waals surface area contributed by atoms with E-state index in [9.17, 15) is 33.6 Å². The van der Waals surface area contributed by atoms with Gasteiger partial charge in [-0.15, -0.1) is 0 Å². The van der Waals surface area contributed by atoms with Gasteiger partial charge in [-0.2, -0.15) is 0 Å². The summed E-state index contributed by atoms with van der Waals surface area (Å²) in [5.41, 5.74) is 0. The molecule has 0 radical (unpaired) electrons. The molecule has 0 spiro atoms. The van der Waals surface area contributed by atoms with Crippen molar-refractivity contribution >= 4 is 41.7 Å². The number of hydrogen-bond acceptors (Lipinski definition) is 14. The van der Waals surface area contributed by atoms with Crippen LogP contribution in [-0.2, 0) is 66.7 Å². The average Bonchev–Trinajstić information content (AvgIpc) is 2.79. The summed E-state index contributed by atoms with van der Waals surface area (Å²) in [5.74, 6) is -8.81. The maximum atomic E-state index is 13.0. The van der Waals surface area contributed by atoms with Gasteiger partial charge in [0.15, 0.2) is 12.2 Å². The number of esters is 6. The van der Waals surface area contributed by atoms with Gasteiger partial charge in [0.25, 0.3) is 0 Å². The Labute approximate surface area is 231 Å². The molecule has 1 aliphatic heterocycles. The van der Waals surface area contributed by atoms with E-state index in [1.807, 2.05) is 0 Å². The molecule has 0 unspecified atom stereocenters. The lowest BCUT2D eigenvalue weighted by Gasteiger charge is -2.48. The number of ether oxygens (including phenoxy) is 7. The highest BCUT2D eigenvalue weighted by Gasteiger charge is 2.60. The lowest BCUT2D eigenvalue weighted by atomic mass is 9.87. The van der Waals surface area contributed by atoms with Gasteiger partial charge in [-0.1, -0.05) is 13.8 Å². The van der Waals surface area contributed by atoms with E-state index in [0.717, 1.165) is 41.7 Å². The van der Waals surface area contributed by atoms with Crippen LogP contribution in [0, 0.1) is 5.92 Å². The Hall–Kier alpha value is -3.75. The molecular formula is C25H37NO14. The fourth-order valence-electron chi connectivity index (χ4n) is 4.12. The van der Waals surface area contributed by atoms with Gasteiger partial charge in [-0.05, 0) is 5.92 Å². The summed E-state index contributed by atoms with van der Waals surface area (Å²) in [5, 5.41) is 2.66. The van der Waals surface area contributed by atoms with E-state index in [2.05, 4.69) is 5.32 Å². The molecule has 15 heteroatoms. The van der Waals surface area contributed by atoms with Gasteiger partial charge in [0.2, 0.25) is 5.91 Å². The van der Waals surface area contributed by atoms with Crippen LogP contribution in [0.15, 0.2) is 0 Å². The summed E-state index contributed by atoms with van der Waals surface area (Å²) in [6, 6.07) is -1.36. The van der Waals surface area contributed by atoms with E-state index in [-0.39, 0.29) is 12.3 Å². The number of rotatable bonds is 12. The Balaban J connectivity index is 3.89. The summed E-state index contributed by atoms with van der Waals surface area (Å²) in [4.78, 5) is 85.7. The lowest BCUT2D eigenvalue weighted by Crippen LogP contribution is -2.69. The molecule has 0 bridgehead atoms. The first kappa shape index (κ1) is 34.3. The van der Waals surface area contributed by atoms with Crippen molar-refractivity contribution in [1.29, 1.82) is 0 Å². The summed E-state index contributed by atoms with van der Waals surface area (Å²) in [7, 11) is 0.981. The Morgan fingerprint density at radius 2 is 1.48 bits per heavy atom. The highest BCUT2D eigenvalue weighted by Crippen LogP contribution is 2.37. The van der Waals surface area contributed by atoms with Crippen LogP contribution >= 0.6 is 0 Å². The second-order valence-electron chi connectivity index (χ2n) is 9.49. The second kappa shape index (κ2) is 15.1. The topological polar surface area (TPSA) is 196 Å². The first-order chi connectivity index (χ1) is 18.5. The zero-order valence-electron chi connectivity index (χ0n) is 23.8. The van der Waals surface area contributed by atoms with Gasteiger partial charge >= 0.3 is 41.6 Å². The van der Waals surface area contributed by atoms with E-state index in [1.165, 1.54) is 0 Å². The molecule has 226 valence electrons. The Morgan fingerprint density at radius 1 is 0.875 bits per heavy atom. The van der Waals surface area contributed by atoms with Gasteiger partial charge in [0.1, 0.15) is 18.8 Å². The van der Waals surface area contributed by atoms with Crippen molar-refractivity contribution in [2.24, 2.45) is 5.92 Å². The van der Waals surface area contributed by atoms with Gasteiger partial charge in [0.05, 0.1) is 19.6 Å². The molecule has 1 heterocycles. The van der Waals surface area contributed by atoms with Crippen molar-refractivity contribution in [3.05, 3.63) is 0 Å². The quantitative estimate of drug-likeness (QED) is 0.243. The van der Waals surface area contributed by atoms with E-state index in [0.29, 0.717) is 0 Å². The first-order valence-corrected chi connectivity index (χ1v) is 12.4. The molecule has 0 aromatic carbocycles. The predicted molar refractivity (Wildman–Crippen MR) is 131 cm³/mol. The minimum atomic E-state index is -2.55. The number of hydrogen-bond donors (Lipinski definition) is 1. The van der Waals surface area contributed by atoms with E-state index in [4.69, 9.17) is 33.2 Å². The maximum Gasteiger partial charge on any atom is 0.379 e. The summed E-state index contributed by atoms with van der Waals surface area (Å²) in [6.45, 7) is 8.09. The SMILES string of the molecule is COC(=O)[C@@]1(OC(C)=O)C[C@H](OC(C)=O)[C@@H](NC(=O)CC(C)C)[C@H]([C@H](OC(C)=O)[C@@H](COC(C)=O)OC(C)=O)O1. The molecule has 1 rings (SSSR count). The summed E-state index contributed by atoms with van der Waals surface area (Å²) in [6.07, 6.45) is -6.99. The van der Waals surface area contributed by atoms with E-state index < -0.39 is 91.0 Å². The largest absolute Gasteiger partial charge is 0.464 e. The van der Waals surface area contributed by atoms with Crippen LogP contribution in [0.4, 0.5) is 0 Å². The van der Waals surface area contributed by atoms with E-state index in [1.54, 1.807) is 13.8 Å². The molecule has 0 aromatic heterocycles. The Kier molecular flexibility index (Phi) is 13.0. The van der Waals surface area contributed by atoms with Gasteiger partial charge in [-0.25, -0.2) is 4.79 Å². The maximum absolute atomic E-state index is 13.0. The van der Waals surface area contributed by atoms with Crippen molar-refractivity contribution in [2.45, 2.75) is 97.6 Å². The van der Waals surface area contributed by atoms with Gasteiger partial charge < -0.3 is 38.5 Å². The monoisotopic (exact) mass is 575 g/mol. The number of nitrogens with one attached hydrogen (secondary N) is 1. The molecule has 0 aromatic rings. The van der Waals surface area contributed by atoms with Crippen molar-refractivity contribution < 1.29 is 66.7 Å². The number of methoxy groups -OCH3 is 1. The normalized spacial score (nSPS) is 23.6. The summed E-state index contributed by atoms with van der Waals surface area (Å²) >= 11 is 0. The standard InChI is InChI=1S/C25H37NO14/c1-12(2)9-20(32)26-21-18(36-14(4)28)10-25(24(33)34-8,39-17(7)31)40-23(21)22(38-16(6)30)19(37-15(5)29)11-35-13(3)27/h12,18-19,21-23H,9-11H2,1-8H3,(H,26,32)/t18-,19+,21+,22+,23+,25+/m0/s1. The van der Waals surface area contributed by atoms with Gasteiger partial charge in [0, 0.05) is 41.0 Å². The van der Waals surface area contributed by atoms with Crippen LogP contribution in [0.3, 0.4) is 0 Å². The molecule has 1 aliphatic rings. The van der Waals surface area contributed by atoms with Crippen molar-refractivity contribution in [2.75, 3.05) is 13.7 Å². The van der Waals surface area contributed by atoms with Crippen molar-refractivity contribution in [3.8, 4) is 0 Å². The third-order valence-electron chi connectivity index (χ3n) is 5.35. The smallest absolute Gasteiger partial charge is 0.379 e. The summed E-state index contributed by atoms with van der Waals surface area (Å²) < 4.78 is 37.1. The molecule has 1 amide bonds. The van der Waals surface area contributed by atoms with Crippen LogP contribution < -0.4 is 5.32 Å².